The summed E-state index contributed by atoms with van der Waals surface area (Å²) in [5.74, 6) is 0.637. The topological polar surface area (TPSA) is 79.7 Å². The molecular formula is C21H28ClN5O3. The number of piperidine rings is 1. The Bertz CT molecular complexity index is 856. The molecule has 8 nitrogen and oxygen atoms in total. The molecule has 9 heteroatoms. The van der Waals surface area contributed by atoms with E-state index in [2.05, 4.69) is 10.4 Å². The molecular weight excluding hydrogens is 406 g/mol. The summed E-state index contributed by atoms with van der Waals surface area (Å²) in [5, 5.41) is 7.89. The molecule has 2 fully saturated rings. The summed E-state index contributed by atoms with van der Waals surface area (Å²) in [4.78, 5) is 29.1. The highest BCUT2D eigenvalue weighted by molar-refractivity contribution is 5.95. The standard InChI is InChI=1S/C21H27N5O3.ClH/c1-29-18-6-4-16(5-7-18)20(27)24-11-13-25(14-12-24)21(28)19-8-10-26(23-19)17-3-2-9-22-15-17;/h4-8,10,17,22H,2-3,9,11-15H2,1H3;1H. The lowest BCUT2D eigenvalue weighted by Gasteiger charge is -2.34. The molecule has 2 aliphatic rings. The van der Waals surface area contributed by atoms with E-state index in [-0.39, 0.29) is 24.2 Å². The molecule has 0 bridgehead atoms. The van der Waals surface area contributed by atoms with Crippen LogP contribution >= 0.6 is 12.4 Å². The fourth-order valence-electron chi connectivity index (χ4n) is 3.91. The van der Waals surface area contributed by atoms with Crippen molar-refractivity contribution in [2.45, 2.75) is 18.9 Å². The number of rotatable bonds is 4. The SMILES string of the molecule is COc1ccc(C(=O)N2CCN(C(=O)c3ccn(C4CCCNC4)n3)CC2)cc1.Cl. The molecule has 0 saturated carbocycles. The molecule has 0 aliphatic carbocycles. The first-order valence-electron chi connectivity index (χ1n) is 10.1. The van der Waals surface area contributed by atoms with Crippen molar-refractivity contribution in [2.24, 2.45) is 0 Å². The minimum absolute atomic E-state index is 0. The third kappa shape index (κ3) is 4.76. The summed E-state index contributed by atoms with van der Waals surface area (Å²) in [5.41, 5.74) is 1.11. The molecule has 1 N–H and O–H groups in total. The van der Waals surface area contributed by atoms with Crippen LogP contribution in [0.1, 0.15) is 39.7 Å². The Morgan fingerprint density at radius 1 is 1.03 bits per heavy atom. The summed E-state index contributed by atoms with van der Waals surface area (Å²) in [7, 11) is 1.60. The van der Waals surface area contributed by atoms with Crippen molar-refractivity contribution in [1.29, 1.82) is 0 Å². The van der Waals surface area contributed by atoms with Gasteiger partial charge in [-0.25, -0.2) is 0 Å². The summed E-state index contributed by atoms with van der Waals surface area (Å²) < 4.78 is 7.04. The van der Waals surface area contributed by atoms with Crippen LogP contribution in [0.5, 0.6) is 5.75 Å². The van der Waals surface area contributed by atoms with E-state index in [0.717, 1.165) is 31.7 Å². The number of benzene rings is 1. The quantitative estimate of drug-likeness (QED) is 0.795. The van der Waals surface area contributed by atoms with Gasteiger partial charge in [0.15, 0.2) is 0 Å². The predicted molar refractivity (Wildman–Crippen MR) is 115 cm³/mol. The molecule has 0 spiro atoms. The molecule has 162 valence electrons. The Balaban J connectivity index is 0.00000256. The van der Waals surface area contributed by atoms with Crippen molar-refractivity contribution in [2.75, 3.05) is 46.4 Å². The van der Waals surface area contributed by atoms with Gasteiger partial charge in [-0.3, -0.25) is 14.3 Å². The van der Waals surface area contributed by atoms with E-state index in [4.69, 9.17) is 4.74 Å². The molecule has 2 aliphatic heterocycles. The van der Waals surface area contributed by atoms with E-state index in [9.17, 15) is 9.59 Å². The van der Waals surface area contributed by atoms with Gasteiger partial charge in [0.05, 0.1) is 13.2 Å². The first kappa shape index (κ1) is 22.1. The molecule has 1 unspecified atom stereocenters. The van der Waals surface area contributed by atoms with Gasteiger partial charge in [-0.15, -0.1) is 12.4 Å². The van der Waals surface area contributed by atoms with Crippen molar-refractivity contribution in [1.82, 2.24) is 24.9 Å². The van der Waals surface area contributed by atoms with Crippen molar-refractivity contribution in [3.63, 3.8) is 0 Å². The lowest BCUT2D eigenvalue weighted by molar-refractivity contribution is 0.0531. The summed E-state index contributed by atoms with van der Waals surface area (Å²) in [6, 6.07) is 9.21. The molecule has 0 radical (unpaired) electrons. The Kier molecular flexibility index (Phi) is 7.33. The Labute approximate surface area is 182 Å². The zero-order valence-electron chi connectivity index (χ0n) is 17.1. The minimum Gasteiger partial charge on any atom is -0.497 e. The van der Waals surface area contributed by atoms with E-state index >= 15 is 0 Å². The van der Waals surface area contributed by atoms with Gasteiger partial charge in [-0.05, 0) is 49.7 Å². The minimum atomic E-state index is -0.0657. The highest BCUT2D eigenvalue weighted by Gasteiger charge is 2.27. The fourth-order valence-corrected chi connectivity index (χ4v) is 3.91. The lowest BCUT2D eigenvalue weighted by atomic mass is 10.1. The Morgan fingerprint density at radius 2 is 1.70 bits per heavy atom. The van der Waals surface area contributed by atoms with Crippen LogP contribution in [0.2, 0.25) is 0 Å². The second kappa shape index (κ2) is 9.95. The van der Waals surface area contributed by atoms with Crippen molar-refractivity contribution >= 4 is 24.2 Å². The maximum atomic E-state index is 12.8. The second-order valence-corrected chi connectivity index (χ2v) is 7.49. The summed E-state index contributed by atoms with van der Waals surface area (Å²) in [6.45, 7) is 4.00. The van der Waals surface area contributed by atoms with Crippen LogP contribution in [0.4, 0.5) is 0 Å². The van der Waals surface area contributed by atoms with Gasteiger partial charge < -0.3 is 19.9 Å². The second-order valence-electron chi connectivity index (χ2n) is 7.49. The van der Waals surface area contributed by atoms with Gasteiger partial charge in [0, 0.05) is 44.5 Å². The summed E-state index contributed by atoms with van der Waals surface area (Å²) >= 11 is 0. The largest absolute Gasteiger partial charge is 0.497 e. The number of nitrogens with one attached hydrogen (secondary N) is 1. The first-order chi connectivity index (χ1) is 14.2. The Hall–Kier alpha value is -2.58. The zero-order chi connectivity index (χ0) is 20.2. The smallest absolute Gasteiger partial charge is 0.274 e. The van der Waals surface area contributed by atoms with Gasteiger partial charge in [0.1, 0.15) is 11.4 Å². The van der Waals surface area contributed by atoms with Crippen molar-refractivity contribution in [3.05, 3.63) is 47.8 Å². The molecule has 3 heterocycles. The molecule has 1 aromatic carbocycles. The Morgan fingerprint density at radius 3 is 2.30 bits per heavy atom. The number of carbonyl (C=O) groups is 2. The highest BCUT2D eigenvalue weighted by atomic mass is 35.5. The van der Waals surface area contributed by atoms with Crippen molar-refractivity contribution < 1.29 is 14.3 Å². The average molecular weight is 434 g/mol. The fraction of sp³-hybridized carbons (Fsp3) is 0.476. The molecule has 1 aromatic heterocycles. The first-order valence-corrected chi connectivity index (χ1v) is 10.1. The number of aromatic nitrogens is 2. The van der Waals surface area contributed by atoms with Gasteiger partial charge >= 0.3 is 0 Å². The molecule has 2 amide bonds. The molecule has 4 rings (SSSR count). The number of hydrogen-bond acceptors (Lipinski definition) is 5. The number of halogens is 1. The van der Waals surface area contributed by atoms with Crippen LogP contribution in [0.15, 0.2) is 36.5 Å². The van der Waals surface area contributed by atoms with Crippen LogP contribution in [0, 0.1) is 0 Å². The van der Waals surface area contributed by atoms with Gasteiger partial charge in [-0.2, -0.15) is 5.10 Å². The number of ether oxygens (including phenoxy) is 1. The van der Waals surface area contributed by atoms with Gasteiger partial charge in [0.25, 0.3) is 11.8 Å². The van der Waals surface area contributed by atoms with E-state index in [1.54, 1.807) is 47.2 Å². The number of methoxy groups -OCH3 is 1. The number of amides is 2. The van der Waals surface area contributed by atoms with Crippen LogP contribution in [-0.2, 0) is 0 Å². The van der Waals surface area contributed by atoms with Crippen molar-refractivity contribution in [3.8, 4) is 5.75 Å². The van der Waals surface area contributed by atoms with Crippen LogP contribution in [0.25, 0.3) is 0 Å². The monoisotopic (exact) mass is 433 g/mol. The van der Waals surface area contributed by atoms with E-state index in [1.165, 1.54) is 0 Å². The molecule has 2 aromatic rings. The molecule has 1 atom stereocenters. The van der Waals surface area contributed by atoms with Gasteiger partial charge in [0.2, 0.25) is 0 Å². The average Bonchev–Trinajstić information content (AvgIpc) is 3.29. The third-order valence-electron chi connectivity index (χ3n) is 5.66. The van der Waals surface area contributed by atoms with E-state index < -0.39 is 0 Å². The van der Waals surface area contributed by atoms with E-state index in [1.807, 2.05) is 10.9 Å². The third-order valence-corrected chi connectivity index (χ3v) is 5.66. The van der Waals surface area contributed by atoms with E-state index in [0.29, 0.717) is 43.5 Å². The van der Waals surface area contributed by atoms with Crippen LogP contribution in [-0.4, -0.2) is 77.8 Å². The molecule has 2 saturated heterocycles. The van der Waals surface area contributed by atoms with Crippen LogP contribution < -0.4 is 10.1 Å². The van der Waals surface area contributed by atoms with Gasteiger partial charge in [-0.1, -0.05) is 0 Å². The zero-order valence-corrected chi connectivity index (χ0v) is 17.9. The number of hydrogen-bond donors (Lipinski definition) is 1. The maximum Gasteiger partial charge on any atom is 0.274 e. The predicted octanol–water partition coefficient (Wildman–Crippen LogP) is 1.84. The number of piperazine rings is 1. The van der Waals surface area contributed by atoms with Crippen LogP contribution in [0.3, 0.4) is 0 Å². The number of carbonyl (C=O) groups excluding carboxylic acids is 2. The lowest BCUT2D eigenvalue weighted by Crippen LogP contribution is -2.50. The number of nitrogens with zero attached hydrogens (tertiary/aromatic N) is 4. The maximum absolute atomic E-state index is 12.8. The normalized spacial score (nSPS) is 19.2. The highest BCUT2D eigenvalue weighted by Crippen LogP contribution is 2.18. The summed E-state index contributed by atoms with van der Waals surface area (Å²) in [6.07, 6.45) is 4.10. The molecule has 30 heavy (non-hydrogen) atoms.